The lowest BCUT2D eigenvalue weighted by Gasteiger charge is -2.07. The molecule has 0 unspecified atom stereocenters. The number of ether oxygens (including phenoxy) is 2. The lowest BCUT2D eigenvalue weighted by molar-refractivity contribution is -0.150. The third kappa shape index (κ3) is 5.61. The fourth-order valence-corrected chi connectivity index (χ4v) is 1.91. The molecule has 0 saturated carbocycles. The summed E-state index contributed by atoms with van der Waals surface area (Å²) in [5.41, 5.74) is 0. The van der Waals surface area contributed by atoms with Gasteiger partial charge >= 0.3 is 5.97 Å². The minimum Gasteiger partial charge on any atom is -0.482 e. The van der Waals surface area contributed by atoms with E-state index in [0.717, 1.165) is 4.47 Å². The predicted octanol–water partition coefficient (Wildman–Crippen LogP) is 2.28. The molecule has 0 radical (unpaired) electrons. The number of furan rings is 1. The van der Waals surface area contributed by atoms with Crippen molar-refractivity contribution >= 4 is 27.8 Å². The highest BCUT2D eigenvalue weighted by molar-refractivity contribution is 9.10. The van der Waals surface area contributed by atoms with E-state index >= 15 is 0 Å². The van der Waals surface area contributed by atoms with Gasteiger partial charge in [-0.25, -0.2) is 4.79 Å². The van der Waals surface area contributed by atoms with Crippen LogP contribution in [0.2, 0.25) is 0 Å². The molecular formula is C15H14BrNO5. The van der Waals surface area contributed by atoms with Crippen LogP contribution in [0, 0.1) is 0 Å². The van der Waals surface area contributed by atoms with Crippen molar-refractivity contribution in [1.82, 2.24) is 5.32 Å². The van der Waals surface area contributed by atoms with Crippen LogP contribution in [0.15, 0.2) is 51.6 Å². The molecule has 1 heterocycles. The standard InChI is InChI=1S/C15H14BrNO5/c16-11-3-1-4-12(7-11)21-10-15(19)22-9-14(18)17-8-13-5-2-6-20-13/h1-7H,8-10H2,(H,17,18). The predicted molar refractivity (Wildman–Crippen MR) is 81.2 cm³/mol. The lowest BCUT2D eigenvalue weighted by atomic mass is 10.3. The molecule has 1 amide bonds. The molecule has 0 spiro atoms. The molecule has 1 aromatic carbocycles. The van der Waals surface area contributed by atoms with Crippen molar-refractivity contribution in [2.24, 2.45) is 0 Å². The normalized spacial score (nSPS) is 10.0. The smallest absolute Gasteiger partial charge is 0.344 e. The van der Waals surface area contributed by atoms with E-state index < -0.39 is 11.9 Å². The van der Waals surface area contributed by atoms with Gasteiger partial charge in [0, 0.05) is 4.47 Å². The molecule has 0 aliphatic carbocycles. The Morgan fingerprint density at radius 2 is 2.05 bits per heavy atom. The zero-order chi connectivity index (χ0) is 15.8. The number of esters is 1. The van der Waals surface area contributed by atoms with Gasteiger partial charge in [-0.05, 0) is 30.3 Å². The summed E-state index contributed by atoms with van der Waals surface area (Å²) in [7, 11) is 0. The van der Waals surface area contributed by atoms with Crippen molar-refractivity contribution < 1.29 is 23.5 Å². The molecule has 2 aromatic rings. The van der Waals surface area contributed by atoms with Crippen LogP contribution in [0.3, 0.4) is 0 Å². The highest BCUT2D eigenvalue weighted by atomic mass is 79.9. The maximum atomic E-state index is 11.5. The summed E-state index contributed by atoms with van der Waals surface area (Å²) in [6.45, 7) is -0.374. The van der Waals surface area contributed by atoms with Crippen LogP contribution < -0.4 is 10.1 Å². The lowest BCUT2D eigenvalue weighted by Crippen LogP contribution is -2.29. The summed E-state index contributed by atoms with van der Waals surface area (Å²) >= 11 is 3.30. The van der Waals surface area contributed by atoms with Crippen molar-refractivity contribution in [2.75, 3.05) is 13.2 Å². The van der Waals surface area contributed by atoms with Gasteiger partial charge in [-0.1, -0.05) is 22.0 Å². The van der Waals surface area contributed by atoms with Crippen LogP contribution in [0.1, 0.15) is 5.76 Å². The zero-order valence-electron chi connectivity index (χ0n) is 11.6. The Labute approximate surface area is 135 Å². The maximum Gasteiger partial charge on any atom is 0.344 e. The second-order valence-electron chi connectivity index (χ2n) is 4.26. The van der Waals surface area contributed by atoms with Crippen LogP contribution in [0.4, 0.5) is 0 Å². The van der Waals surface area contributed by atoms with Gasteiger partial charge in [-0.2, -0.15) is 0 Å². The molecule has 0 fully saturated rings. The van der Waals surface area contributed by atoms with Gasteiger partial charge in [0.2, 0.25) is 0 Å². The van der Waals surface area contributed by atoms with Gasteiger partial charge in [-0.15, -0.1) is 0 Å². The second-order valence-corrected chi connectivity index (χ2v) is 5.18. The Morgan fingerprint density at radius 3 is 2.77 bits per heavy atom. The summed E-state index contributed by atoms with van der Waals surface area (Å²) in [5, 5.41) is 2.56. The monoisotopic (exact) mass is 367 g/mol. The molecule has 1 aromatic heterocycles. The topological polar surface area (TPSA) is 77.8 Å². The van der Waals surface area contributed by atoms with Crippen molar-refractivity contribution in [3.05, 3.63) is 52.9 Å². The van der Waals surface area contributed by atoms with Gasteiger partial charge in [0.1, 0.15) is 11.5 Å². The molecule has 0 atom stereocenters. The third-order valence-electron chi connectivity index (χ3n) is 2.56. The van der Waals surface area contributed by atoms with E-state index in [1.165, 1.54) is 6.26 Å². The molecule has 7 heteroatoms. The molecule has 22 heavy (non-hydrogen) atoms. The van der Waals surface area contributed by atoms with Crippen LogP contribution >= 0.6 is 15.9 Å². The van der Waals surface area contributed by atoms with Gasteiger partial charge in [0.25, 0.3) is 5.91 Å². The van der Waals surface area contributed by atoms with E-state index in [4.69, 9.17) is 13.9 Å². The Hall–Kier alpha value is -2.28. The number of nitrogens with one attached hydrogen (secondary N) is 1. The fourth-order valence-electron chi connectivity index (χ4n) is 1.54. The van der Waals surface area contributed by atoms with E-state index in [-0.39, 0.29) is 19.8 Å². The molecule has 116 valence electrons. The summed E-state index contributed by atoms with van der Waals surface area (Å²) in [4.78, 5) is 23.0. The Kier molecular flexibility index (Phi) is 6.02. The minimum absolute atomic E-state index is 0.248. The van der Waals surface area contributed by atoms with Crippen LogP contribution in [-0.4, -0.2) is 25.1 Å². The maximum absolute atomic E-state index is 11.5. The number of hydrogen-bond acceptors (Lipinski definition) is 5. The van der Waals surface area contributed by atoms with Crippen molar-refractivity contribution in [3.63, 3.8) is 0 Å². The number of benzene rings is 1. The average Bonchev–Trinajstić information content (AvgIpc) is 3.02. The van der Waals surface area contributed by atoms with Crippen LogP contribution in [-0.2, 0) is 20.9 Å². The molecule has 0 saturated heterocycles. The largest absolute Gasteiger partial charge is 0.482 e. The van der Waals surface area contributed by atoms with E-state index in [1.54, 1.807) is 30.3 Å². The number of hydrogen-bond donors (Lipinski definition) is 1. The van der Waals surface area contributed by atoms with Crippen molar-refractivity contribution in [3.8, 4) is 5.75 Å². The Balaban J connectivity index is 1.63. The highest BCUT2D eigenvalue weighted by Gasteiger charge is 2.09. The first-order valence-electron chi connectivity index (χ1n) is 6.46. The third-order valence-corrected chi connectivity index (χ3v) is 3.05. The van der Waals surface area contributed by atoms with Gasteiger partial charge in [-0.3, -0.25) is 4.79 Å². The van der Waals surface area contributed by atoms with Crippen LogP contribution in [0.25, 0.3) is 0 Å². The molecule has 1 N–H and O–H groups in total. The van der Waals surface area contributed by atoms with Crippen molar-refractivity contribution in [1.29, 1.82) is 0 Å². The van der Waals surface area contributed by atoms with Crippen LogP contribution in [0.5, 0.6) is 5.75 Å². The quantitative estimate of drug-likeness (QED) is 0.759. The van der Waals surface area contributed by atoms with Gasteiger partial charge in [0.15, 0.2) is 13.2 Å². The zero-order valence-corrected chi connectivity index (χ0v) is 13.2. The molecule has 2 rings (SSSR count). The Morgan fingerprint density at radius 1 is 1.18 bits per heavy atom. The SMILES string of the molecule is O=C(COC(=O)COc1cccc(Br)c1)NCc1ccco1. The number of carbonyl (C=O) groups excluding carboxylic acids is 2. The number of rotatable bonds is 7. The molecule has 0 bridgehead atoms. The molecular weight excluding hydrogens is 354 g/mol. The van der Waals surface area contributed by atoms with E-state index in [1.807, 2.05) is 6.07 Å². The van der Waals surface area contributed by atoms with Gasteiger partial charge < -0.3 is 19.2 Å². The number of halogens is 1. The number of carbonyl (C=O) groups is 2. The minimum atomic E-state index is -0.617. The van der Waals surface area contributed by atoms with E-state index in [2.05, 4.69) is 21.2 Å². The first-order valence-corrected chi connectivity index (χ1v) is 7.26. The summed E-state index contributed by atoms with van der Waals surface area (Å²) in [5.74, 6) is 0.131. The van der Waals surface area contributed by atoms with Crippen molar-refractivity contribution in [2.45, 2.75) is 6.54 Å². The summed E-state index contributed by atoms with van der Waals surface area (Å²) in [6.07, 6.45) is 1.51. The Bertz CT molecular complexity index is 627. The first-order chi connectivity index (χ1) is 10.6. The average molecular weight is 368 g/mol. The van der Waals surface area contributed by atoms with E-state index in [0.29, 0.717) is 11.5 Å². The second kappa shape index (κ2) is 8.23. The highest BCUT2D eigenvalue weighted by Crippen LogP contribution is 2.17. The van der Waals surface area contributed by atoms with E-state index in [9.17, 15) is 9.59 Å². The summed E-state index contributed by atoms with van der Waals surface area (Å²) < 4.78 is 16.0. The molecule has 6 nitrogen and oxygen atoms in total. The first kappa shape index (κ1) is 16.1. The fraction of sp³-hybridized carbons (Fsp3) is 0.200. The molecule has 0 aliphatic rings. The number of amides is 1. The molecule has 0 aliphatic heterocycles. The van der Waals surface area contributed by atoms with Gasteiger partial charge in [0.05, 0.1) is 12.8 Å². The summed E-state index contributed by atoms with van der Waals surface area (Å²) in [6, 6.07) is 10.5.